The Morgan fingerprint density at radius 2 is 2.25 bits per heavy atom. The van der Waals surface area contributed by atoms with E-state index in [1.807, 2.05) is 0 Å². The van der Waals surface area contributed by atoms with Crippen LogP contribution in [0, 0.1) is 5.92 Å². The molecule has 108 valence electrons. The van der Waals surface area contributed by atoms with E-state index in [1.54, 1.807) is 0 Å². The fraction of sp³-hybridized carbons (Fsp3) is 0.545. The van der Waals surface area contributed by atoms with E-state index in [9.17, 15) is 20.1 Å². The number of rotatable bonds is 2. The molecule has 0 aromatic carbocycles. The summed E-state index contributed by atoms with van der Waals surface area (Å²) in [7, 11) is 0. The quantitative estimate of drug-likeness (QED) is 0.426. The van der Waals surface area contributed by atoms with E-state index in [0.29, 0.717) is 0 Å². The van der Waals surface area contributed by atoms with E-state index >= 15 is 0 Å². The molecule has 0 amide bonds. The lowest BCUT2D eigenvalue weighted by Crippen LogP contribution is -2.29. The van der Waals surface area contributed by atoms with E-state index in [4.69, 9.17) is 5.73 Å². The zero-order valence-electron chi connectivity index (χ0n) is 10.5. The number of hydrogen-bond donors (Lipinski definition) is 5. The number of fused-ring (bicyclic) bond motifs is 1. The Balaban J connectivity index is 2.10. The van der Waals surface area contributed by atoms with Crippen molar-refractivity contribution in [1.82, 2.24) is 19.5 Å². The number of imidazole rings is 1. The molecule has 0 radical (unpaired) electrons. The Morgan fingerprint density at radius 3 is 2.90 bits per heavy atom. The number of H-pyrrole nitrogens is 1. The lowest BCUT2D eigenvalue weighted by atomic mass is 10.0. The molecule has 2 aromatic rings. The summed E-state index contributed by atoms with van der Waals surface area (Å²) >= 11 is 0. The molecule has 20 heavy (non-hydrogen) atoms. The molecule has 1 aliphatic carbocycles. The van der Waals surface area contributed by atoms with Gasteiger partial charge in [-0.25, -0.2) is 4.98 Å². The van der Waals surface area contributed by atoms with Crippen LogP contribution in [0.2, 0.25) is 0 Å². The molecule has 3 rings (SSSR count). The average Bonchev–Trinajstić information content (AvgIpc) is 2.91. The first-order valence-corrected chi connectivity index (χ1v) is 6.22. The fourth-order valence-corrected chi connectivity index (χ4v) is 2.77. The maximum Gasteiger partial charge on any atom is 0.280 e. The average molecular weight is 281 g/mol. The Labute approximate surface area is 112 Å². The zero-order valence-corrected chi connectivity index (χ0v) is 10.5. The molecule has 1 fully saturated rings. The van der Waals surface area contributed by atoms with Gasteiger partial charge in [-0.2, -0.15) is 4.98 Å². The maximum absolute atomic E-state index is 11.7. The number of nitrogens with one attached hydrogen (secondary N) is 1. The Morgan fingerprint density at radius 1 is 1.50 bits per heavy atom. The van der Waals surface area contributed by atoms with Crippen LogP contribution in [0.3, 0.4) is 0 Å². The van der Waals surface area contributed by atoms with E-state index in [2.05, 4.69) is 15.0 Å². The van der Waals surface area contributed by atoms with Crippen LogP contribution < -0.4 is 11.3 Å². The summed E-state index contributed by atoms with van der Waals surface area (Å²) in [5, 5.41) is 29.2. The highest BCUT2D eigenvalue weighted by molar-refractivity contribution is 5.70. The van der Waals surface area contributed by atoms with Crippen molar-refractivity contribution in [2.45, 2.75) is 24.7 Å². The van der Waals surface area contributed by atoms with Gasteiger partial charge in [0.2, 0.25) is 5.95 Å². The molecule has 0 aliphatic heterocycles. The minimum atomic E-state index is -0.949. The minimum absolute atomic E-state index is 0.0454. The van der Waals surface area contributed by atoms with Crippen molar-refractivity contribution < 1.29 is 15.3 Å². The number of aliphatic hydroxyl groups excluding tert-OH is 3. The first-order valence-electron chi connectivity index (χ1n) is 6.22. The van der Waals surface area contributed by atoms with Crippen LogP contribution in [0.4, 0.5) is 5.95 Å². The van der Waals surface area contributed by atoms with Gasteiger partial charge in [0.25, 0.3) is 5.56 Å². The second-order valence-corrected chi connectivity index (χ2v) is 4.98. The molecule has 0 bridgehead atoms. The highest BCUT2D eigenvalue weighted by atomic mass is 16.3. The summed E-state index contributed by atoms with van der Waals surface area (Å²) in [5.74, 6) is -0.673. The van der Waals surface area contributed by atoms with Gasteiger partial charge in [0, 0.05) is 5.92 Å². The van der Waals surface area contributed by atoms with Gasteiger partial charge in [0.1, 0.15) is 0 Å². The molecular formula is C11H15N5O4. The summed E-state index contributed by atoms with van der Waals surface area (Å²) in [6, 6.07) is -0.513. The molecule has 4 atom stereocenters. The van der Waals surface area contributed by atoms with Gasteiger partial charge in [-0.3, -0.25) is 9.78 Å². The van der Waals surface area contributed by atoms with Crippen LogP contribution in [-0.4, -0.2) is 53.7 Å². The molecule has 2 aromatic heterocycles. The smallest absolute Gasteiger partial charge is 0.280 e. The maximum atomic E-state index is 11.7. The van der Waals surface area contributed by atoms with Crippen molar-refractivity contribution in [2.75, 3.05) is 12.3 Å². The number of aliphatic hydroxyl groups is 3. The van der Waals surface area contributed by atoms with Crippen LogP contribution in [-0.2, 0) is 0 Å². The minimum Gasteiger partial charge on any atom is -0.396 e. The summed E-state index contributed by atoms with van der Waals surface area (Å²) in [5.41, 5.74) is 5.42. The number of nitrogens with two attached hydrogens (primary N) is 1. The Kier molecular flexibility index (Phi) is 2.96. The molecular weight excluding hydrogens is 266 g/mol. The van der Waals surface area contributed by atoms with Crippen LogP contribution in [0.1, 0.15) is 12.5 Å². The fourth-order valence-electron chi connectivity index (χ4n) is 2.77. The van der Waals surface area contributed by atoms with Crippen molar-refractivity contribution in [3.05, 3.63) is 16.7 Å². The zero-order chi connectivity index (χ0) is 14.4. The Bertz CT molecular complexity index is 696. The SMILES string of the molecule is Nc1nc2c(ncn2[C@H]2C[C@H](O)[C@@H](CO)[C@@H]2O)c(=O)[nH]1. The summed E-state index contributed by atoms with van der Waals surface area (Å²) in [6.07, 6.45) is -0.148. The normalized spacial score (nSPS) is 30.1. The van der Waals surface area contributed by atoms with E-state index in [0.717, 1.165) is 0 Å². The largest absolute Gasteiger partial charge is 0.396 e. The topological polar surface area (TPSA) is 150 Å². The highest BCUT2D eigenvalue weighted by Gasteiger charge is 2.42. The molecule has 1 saturated carbocycles. The van der Waals surface area contributed by atoms with Crippen LogP contribution in [0.5, 0.6) is 0 Å². The second-order valence-electron chi connectivity index (χ2n) is 4.98. The van der Waals surface area contributed by atoms with Crippen LogP contribution in [0.25, 0.3) is 11.2 Å². The van der Waals surface area contributed by atoms with Crippen molar-refractivity contribution in [3.8, 4) is 0 Å². The molecule has 6 N–H and O–H groups in total. The lowest BCUT2D eigenvalue weighted by molar-refractivity contribution is 0.0214. The first-order chi connectivity index (χ1) is 9.52. The molecule has 2 heterocycles. The van der Waals surface area contributed by atoms with Gasteiger partial charge in [-0.15, -0.1) is 0 Å². The monoisotopic (exact) mass is 281 g/mol. The number of anilines is 1. The van der Waals surface area contributed by atoms with E-state index < -0.39 is 29.7 Å². The molecule has 0 saturated heterocycles. The van der Waals surface area contributed by atoms with Gasteiger partial charge in [-0.05, 0) is 6.42 Å². The number of hydrogen-bond acceptors (Lipinski definition) is 7. The van der Waals surface area contributed by atoms with Crippen LogP contribution in [0.15, 0.2) is 11.1 Å². The van der Waals surface area contributed by atoms with Crippen molar-refractivity contribution in [3.63, 3.8) is 0 Å². The van der Waals surface area contributed by atoms with Crippen molar-refractivity contribution in [1.29, 1.82) is 0 Å². The van der Waals surface area contributed by atoms with E-state index in [1.165, 1.54) is 10.9 Å². The predicted molar refractivity (Wildman–Crippen MR) is 68.8 cm³/mol. The third-order valence-electron chi connectivity index (χ3n) is 3.83. The second kappa shape index (κ2) is 4.54. The summed E-state index contributed by atoms with van der Waals surface area (Å²) in [4.78, 5) is 22.0. The van der Waals surface area contributed by atoms with Gasteiger partial charge in [-0.1, -0.05) is 0 Å². The van der Waals surface area contributed by atoms with Crippen molar-refractivity contribution in [2.24, 2.45) is 5.92 Å². The van der Waals surface area contributed by atoms with Gasteiger partial charge in [0.05, 0.1) is 31.2 Å². The Hall–Kier alpha value is -1.97. The highest BCUT2D eigenvalue weighted by Crippen LogP contribution is 2.36. The summed E-state index contributed by atoms with van der Waals surface area (Å²) in [6.45, 7) is -0.318. The number of aromatic amines is 1. The third-order valence-corrected chi connectivity index (χ3v) is 3.83. The standard InChI is InChI=1S/C11H15N5O4/c12-11-14-9-7(10(20)15-11)13-3-16(9)5-1-6(18)4(2-17)8(5)19/h3-6,8,17-19H,1-2H2,(H3,12,14,15,20)/t4-,5+,6+,8+/m1/s1. The number of nitrogen functional groups attached to an aromatic ring is 1. The third kappa shape index (κ3) is 1.79. The molecule has 1 aliphatic rings. The number of nitrogens with zero attached hydrogens (tertiary/aromatic N) is 3. The molecule has 9 heteroatoms. The van der Waals surface area contributed by atoms with Crippen molar-refractivity contribution >= 4 is 17.1 Å². The predicted octanol–water partition coefficient (Wildman–Crippen LogP) is -2.02. The van der Waals surface area contributed by atoms with Gasteiger partial charge in [0.15, 0.2) is 11.2 Å². The molecule has 0 unspecified atom stereocenters. The van der Waals surface area contributed by atoms with Gasteiger partial charge >= 0.3 is 0 Å². The molecule has 0 spiro atoms. The molecule has 9 nitrogen and oxygen atoms in total. The van der Waals surface area contributed by atoms with Gasteiger partial charge < -0.3 is 25.6 Å². The van der Waals surface area contributed by atoms with Crippen LogP contribution >= 0.6 is 0 Å². The first kappa shape index (κ1) is 13.0. The lowest BCUT2D eigenvalue weighted by Gasteiger charge is -2.19. The summed E-state index contributed by atoms with van der Waals surface area (Å²) < 4.78 is 1.52. The number of aromatic nitrogens is 4. The van der Waals surface area contributed by atoms with E-state index in [-0.39, 0.29) is 30.1 Å².